The monoisotopic (exact) mass is 216 g/mol. The molecule has 3 heteroatoms. The van der Waals surface area contributed by atoms with E-state index in [1.807, 2.05) is 18.2 Å². The minimum atomic E-state index is 0.431. The van der Waals surface area contributed by atoms with E-state index in [2.05, 4.69) is 11.4 Å². The van der Waals surface area contributed by atoms with E-state index >= 15 is 0 Å². The van der Waals surface area contributed by atoms with Crippen molar-refractivity contribution in [3.05, 3.63) is 29.8 Å². The second-order valence-corrected chi connectivity index (χ2v) is 4.07. The molecular weight excluding hydrogens is 200 g/mol. The number of hydrogen-bond donors (Lipinski definition) is 1. The summed E-state index contributed by atoms with van der Waals surface area (Å²) in [7, 11) is 0. The van der Waals surface area contributed by atoms with Crippen LogP contribution in [0.15, 0.2) is 24.3 Å². The van der Waals surface area contributed by atoms with Crippen molar-refractivity contribution in [2.24, 2.45) is 0 Å². The molecule has 0 radical (unpaired) electrons. The first-order chi connectivity index (χ1) is 7.90. The Morgan fingerprint density at radius 2 is 2.25 bits per heavy atom. The van der Waals surface area contributed by atoms with Gasteiger partial charge in [0.2, 0.25) is 0 Å². The number of nitriles is 1. The molecule has 1 unspecified atom stereocenters. The normalized spacial score (nSPS) is 20.1. The molecule has 84 valence electrons. The minimum Gasteiger partial charge on any atom is -0.491 e. The summed E-state index contributed by atoms with van der Waals surface area (Å²) >= 11 is 0. The molecule has 0 spiro atoms. The Balaban J connectivity index is 1.91. The van der Waals surface area contributed by atoms with Gasteiger partial charge in [-0.2, -0.15) is 5.26 Å². The van der Waals surface area contributed by atoms with Gasteiger partial charge in [-0.25, -0.2) is 0 Å². The fourth-order valence-electron chi connectivity index (χ4n) is 1.94. The van der Waals surface area contributed by atoms with E-state index in [1.54, 1.807) is 6.07 Å². The number of para-hydroxylation sites is 1. The second kappa shape index (κ2) is 5.53. The average molecular weight is 216 g/mol. The van der Waals surface area contributed by atoms with Crippen LogP contribution in [0, 0.1) is 11.3 Å². The van der Waals surface area contributed by atoms with Crippen LogP contribution in [0.25, 0.3) is 0 Å². The molecule has 1 aliphatic heterocycles. The van der Waals surface area contributed by atoms with Gasteiger partial charge < -0.3 is 10.1 Å². The van der Waals surface area contributed by atoms with Gasteiger partial charge in [-0.15, -0.1) is 0 Å². The zero-order valence-corrected chi connectivity index (χ0v) is 9.28. The Labute approximate surface area is 96.0 Å². The van der Waals surface area contributed by atoms with Crippen molar-refractivity contribution in [2.45, 2.75) is 25.3 Å². The number of piperidine rings is 1. The molecule has 1 atom stereocenters. The lowest BCUT2D eigenvalue weighted by atomic mass is 10.1. The van der Waals surface area contributed by atoms with Crippen LogP contribution in [-0.4, -0.2) is 19.2 Å². The van der Waals surface area contributed by atoms with Gasteiger partial charge in [0.05, 0.1) is 5.56 Å². The Hall–Kier alpha value is -1.53. The molecule has 1 saturated heterocycles. The molecule has 0 amide bonds. The maximum Gasteiger partial charge on any atom is 0.137 e. The second-order valence-electron chi connectivity index (χ2n) is 4.07. The van der Waals surface area contributed by atoms with Gasteiger partial charge in [0, 0.05) is 6.04 Å². The highest BCUT2D eigenvalue weighted by atomic mass is 16.5. The van der Waals surface area contributed by atoms with E-state index in [0.29, 0.717) is 24.0 Å². The summed E-state index contributed by atoms with van der Waals surface area (Å²) in [6.07, 6.45) is 3.68. The largest absolute Gasteiger partial charge is 0.491 e. The van der Waals surface area contributed by atoms with Crippen LogP contribution in [0.5, 0.6) is 5.75 Å². The average Bonchev–Trinajstić information content (AvgIpc) is 2.38. The predicted molar refractivity (Wildman–Crippen MR) is 62.3 cm³/mol. The molecular formula is C13H16N2O. The highest BCUT2D eigenvalue weighted by molar-refractivity contribution is 5.42. The number of nitrogens with zero attached hydrogens (tertiary/aromatic N) is 1. The van der Waals surface area contributed by atoms with Gasteiger partial charge in [-0.05, 0) is 31.5 Å². The molecule has 1 aliphatic rings. The maximum absolute atomic E-state index is 8.91. The lowest BCUT2D eigenvalue weighted by molar-refractivity contribution is 0.238. The number of rotatable bonds is 3. The van der Waals surface area contributed by atoms with Crippen molar-refractivity contribution < 1.29 is 4.74 Å². The van der Waals surface area contributed by atoms with Gasteiger partial charge in [-0.3, -0.25) is 0 Å². The van der Waals surface area contributed by atoms with E-state index in [9.17, 15) is 0 Å². The zero-order valence-electron chi connectivity index (χ0n) is 9.28. The third kappa shape index (κ3) is 2.74. The van der Waals surface area contributed by atoms with Crippen molar-refractivity contribution in [3.63, 3.8) is 0 Å². The molecule has 16 heavy (non-hydrogen) atoms. The summed E-state index contributed by atoms with van der Waals surface area (Å²) in [6.45, 7) is 1.73. The van der Waals surface area contributed by atoms with Crippen LogP contribution in [0.2, 0.25) is 0 Å². The maximum atomic E-state index is 8.91. The van der Waals surface area contributed by atoms with Gasteiger partial charge >= 0.3 is 0 Å². The minimum absolute atomic E-state index is 0.431. The van der Waals surface area contributed by atoms with E-state index in [4.69, 9.17) is 10.00 Å². The van der Waals surface area contributed by atoms with Crippen molar-refractivity contribution in [1.82, 2.24) is 5.32 Å². The molecule has 1 aromatic rings. The standard InChI is InChI=1S/C13H16N2O/c14-9-11-5-1-2-7-13(11)16-10-12-6-3-4-8-15-12/h1-2,5,7,12,15H,3-4,6,8,10H2. The SMILES string of the molecule is N#Cc1ccccc1OCC1CCCCN1. The lowest BCUT2D eigenvalue weighted by Crippen LogP contribution is -2.38. The summed E-state index contributed by atoms with van der Waals surface area (Å²) < 4.78 is 5.68. The molecule has 0 bridgehead atoms. The van der Waals surface area contributed by atoms with Crippen LogP contribution >= 0.6 is 0 Å². The Morgan fingerprint density at radius 3 is 3.00 bits per heavy atom. The van der Waals surface area contributed by atoms with E-state index in [-0.39, 0.29) is 0 Å². The number of ether oxygens (including phenoxy) is 1. The smallest absolute Gasteiger partial charge is 0.137 e. The number of hydrogen-bond acceptors (Lipinski definition) is 3. The van der Waals surface area contributed by atoms with Crippen molar-refractivity contribution in [2.75, 3.05) is 13.2 Å². The van der Waals surface area contributed by atoms with Crippen molar-refractivity contribution in [1.29, 1.82) is 5.26 Å². The molecule has 0 saturated carbocycles. The summed E-state index contributed by atoms with van der Waals surface area (Å²) in [5.74, 6) is 0.692. The molecule has 3 nitrogen and oxygen atoms in total. The zero-order chi connectivity index (χ0) is 11.2. The van der Waals surface area contributed by atoms with Crippen molar-refractivity contribution in [3.8, 4) is 11.8 Å². The van der Waals surface area contributed by atoms with E-state index in [1.165, 1.54) is 12.8 Å². The molecule has 0 aromatic heterocycles. The Kier molecular flexibility index (Phi) is 3.79. The van der Waals surface area contributed by atoms with Gasteiger partial charge in [0.1, 0.15) is 18.4 Å². The molecule has 1 fully saturated rings. The molecule has 2 rings (SSSR count). The van der Waals surface area contributed by atoms with Gasteiger partial charge in [0.25, 0.3) is 0 Å². The topological polar surface area (TPSA) is 45.0 Å². The highest BCUT2D eigenvalue weighted by Crippen LogP contribution is 2.17. The first-order valence-corrected chi connectivity index (χ1v) is 5.75. The summed E-state index contributed by atoms with van der Waals surface area (Å²) in [5, 5.41) is 12.3. The van der Waals surface area contributed by atoms with E-state index < -0.39 is 0 Å². The van der Waals surface area contributed by atoms with Crippen LogP contribution in [-0.2, 0) is 0 Å². The first kappa shape index (κ1) is 11.0. The first-order valence-electron chi connectivity index (χ1n) is 5.75. The van der Waals surface area contributed by atoms with Gasteiger partial charge in [-0.1, -0.05) is 18.6 Å². The third-order valence-corrected chi connectivity index (χ3v) is 2.86. The quantitative estimate of drug-likeness (QED) is 0.841. The summed E-state index contributed by atoms with van der Waals surface area (Å²) in [4.78, 5) is 0. The van der Waals surface area contributed by atoms with Crippen molar-refractivity contribution >= 4 is 0 Å². The molecule has 1 aromatic carbocycles. The predicted octanol–water partition coefficient (Wildman–Crippen LogP) is 2.08. The highest BCUT2D eigenvalue weighted by Gasteiger charge is 2.13. The van der Waals surface area contributed by atoms with Crippen LogP contribution in [0.1, 0.15) is 24.8 Å². The Morgan fingerprint density at radius 1 is 1.38 bits per heavy atom. The summed E-state index contributed by atoms with van der Waals surface area (Å²) in [6, 6.07) is 9.94. The van der Waals surface area contributed by atoms with E-state index in [0.717, 1.165) is 13.0 Å². The fourth-order valence-corrected chi connectivity index (χ4v) is 1.94. The summed E-state index contributed by atoms with van der Waals surface area (Å²) in [5.41, 5.74) is 0.610. The molecule has 1 N–H and O–H groups in total. The van der Waals surface area contributed by atoms with Crippen LogP contribution in [0.3, 0.4) is 0 Å². The van der Waals surface area contributed by atoms with Gasteiger partial charge in [0.15, 0.2) is 0 Å². The third-order valence-electron chi connectivity index (χ3n) is 2.86. The number of benzene rings is 1. The van der Waals surface area contributed by atoms with Crippen LogP contribution in [0.4, 0.5) is 0 Å². The number of nitrogens with one attached hydrogen (secondary N) is 1. The Bertz CT molecular complexity index is 378. The van der Waals surface area contributed by atoms with Crippen LogP contribution < -0.4 is 10.1 Å². The molecule has 1 heterocycles. The molecule has 0 aliphatic carbocycles. The lowest BCUT2D eigenvalue weighted by Gasteiger charge is -2.23. The fraction of sp³-hybridized carbons (Fsp3) is 0.462.